The molecule has 0 bridgehead atoms. The van der Waals surface area contributed by atoms with Gasteiger partial charge in [0.05, 0.1) is 5.69 Å². The molecule has 0 spiro atoms. The van der Waals surface area contributed by atoms with Gasteiger partial charge in [0.1, 0.15) is 24.5 Å². The van der Waals surface area contributed by atoms with Crippen molar-refractivity contribution in [2.75, 3.05) is 26.2 Å². The summed E-state index contributed by atoms with van der Waals surface area (Å²) in [5.74, 6) is 0.966. The highest BCUT2D eigenvalue weighted by Crippen LogP contribution is 2.17. The third-order valence-corrected chi connectivity index (χ3v) is 4.44. The first-order chi connectivity index (χ1) is 11.1. The molecule has 8 nitrogen and oxygen atoms in total. The van der Waals surface area contributed by atoms with E-state index in [2.05, 4.69) is 20.1 Å². The zero-order chi connectivity index (χ0) is 16.4. The van der Waals surface area contributed by atoms with E-state index >= 15 is 0 Å². The normalized spacial score (nSPS) is 17.4. The molecule has 2 aromatic heterocycles. The van der Waals surface area contributed by atoms with Crippen LogP contribution in [0.3, 0.4) is 0 Å². The van der Waals surface area contributed by atoms with E-state index in [4.69, 9.17) is 4.52 Å². The maximum Gasteiger partial charge on any atom is 0.247 e. The number of carbonyl (C=O) groups is 1. The molecular formula is C15H22N6O2. The molecule has 0 unspecified atom stereocenters. The van der Waals surface area contributed by atoms with E-state index in [0.29, 0.717) is 0 Å². The van der Waals surface area contributed by atoms with Crippen molar-refractivity contribution >= 4 is 5.91 Å². The van der Waals surface area contributed by atoms with Crippen molar-refractivity contribution in [1.82, 2.24) is 29.7 Å². The molecule has 1 aliphatic rings. The molecule has 1 fully saturated rings. The summed E-state index contributed by atoms with van der Waals surface area (Å²) in [6.07, 6.45) is 3.03. The van der Waals surface area contributed by atoms with Gasteiger partial charge in [0.25, 0.3) is 0 Å². The maximum atomic E-state index is 12.5. The Kier molecular flexibility index (Phi) is 4.42. The monoisotopic (exact) mass is 318 g/mol. The van der Waals surface area contributed by atoms with E-state index in [9.17, 15) is 4.79 Å². The molecule has 124 valence electrons. The van der Waals surface area contributed by atoms with E-state index in [1.54, 1.807) is 11.0 Å². The standard InChI is InChI=1S/C15H22N6O2/c1-11-14(13(3)23-18-11)8-19-4-6-20(7-5-19)15(22)12(2)21-10-16-9-17-21/h9-10,12H,4-8H2,1-3H3/t12-/m0/s1. The smallest absolute Gasteiger partial charge is 0.247 e. The predicted molar refractivity (Wildman–Crippen MR) is 82.6 cm³/mol. The molecule has 8 heteroatoms. The SMILES string of the molecule is Cc1noc(C)c1CN1CCN(C(=O)[C@H](C)n2cncn2)CC1. The number of aryl methyl sites for hydroxylation is 2. The van der Waals surface area contributed by atoms with Gasteiger partial charge >= 0.3 is 0 Å². The number of amides is 1. The van der Waals surface area contributed by atoms with Gasteiger partial charge in [0, 0.05) is 38.3 Å². The lowest BCUT2D eigenvalue weighted by molar-refractivity contribution is -0.136. The molecule has 0 aliphatic carbocycles. The molecule has 0 saturated carbocycles. The van der Waals surface area contributed by atoms with Crippen molar-refractivity contribution in [1.29, 1.82) is 0 Å². The number of hydrogen-bond acceptors (Lipinski definition) is 6. The molecule has 3 rings (SSSR count). The number of nitrogens with zero attached hydrogens (tertiary/aromatic N) is 6. The Morgan fingerprint density at radius 3 is 2.61 bits per heavy atom. The highest BCUT2D eigenvalue weighted by molar-refractivity contribution is 5.80. The fraction of sp³-hybridized carbons (Fsp3) is 0.600. The summed E-state index contributed by atoms with van der Waals surface area (Å²) in [6.45, 7) is 9.72. The lowest BCUT2D eigenvalue weighted by atomic mass is 10.1. The summed E-state index contributed by atoms with van der Waals surface area (Å²) >= 11 is 0. The number of piperazine rings is 1. The highest BCUT2D eigenvalue weighted by atomic mass is 16.5. The third-order valence-electron chi connectivity index (χ3n) is 4.44. The van der Waals surface area contributed by atoms with Crippen molar-refractivity contribution in [2.24, 2.45) is 0 Å². The van der Waals surface area contributed by atoms with E-state index in [1.807, 2.05) is 25.7 Å². The first-order valence-corrected chi connectivity index (χ1v) is 7.83. The van der Waals surface area contributed by atoms with E-state index < -0.39 is 0 Å². The number of hydrogen-bond donors (Lipinski definition) is 0. The van der Waals surface area contributed by atoms with Crippen molar-refractivity contribution in [3.63, 3.8) is 0 Å². The summed E-state index contributed by atoms with van der Waals surface area (Å²) in [4.78, 5) is 20.7. The van der Waals surface area contributed by atoms with Gasteiger partial charge in [-0.05, 0) is 20.8 Å². The highest BCUT2D eigenvalue weighted by Gasteiger charge is 2.26. The van der Waals surface area contributed by atoms with Gasteiger partial charge in [-0.1, -0.05) is 5.16 Å². The molecule has 0 N–H and O–H groups in total. The third kappa shape index (κ3) is 3.26. The largest absolute Gasteiger partial charge is 0.361 e. The van der Waals surface area contributed by atoms with Crippen molar-refractivity contribution < 1.29 is 9.32 Å². The molecule has 1 amide bonds. The van der Waals surface area contributed by atoms with Crippen LogP contribution >= 0.6 is 0 Å². The lowest BCUT2D eigenvalue weighted by Gasteiger charge is -2.35. The Labute approximate surface area is 135 Å². The van der Waals surface area contributed by atoms with E-state index in [1.165, 1.54) is 6.33 Å². The zero-order valence-corrected chi connectivity index (χ0v) is 13.8. The van der Waals surface area contributed by atoms with Gasteiger partial charge in [0.15, 0.2) is 0 Å². The van der Waals surface area contributed by atoms with Gasteiger partial charge in [-0.15, -0.1) is 0 Å². The zero-order valence-electron chi connectivity index (χ0n) is 13.8. The van der Waals surface area contributed by atoms with Crippen LogP contribution in [0.25, 0.3) is 0 Å². The van der Waals surface area contributed by atoms with Gasteiger partial charge in [-0.2, -0.15) is 5.10 Å². The summed E-state index contributed by atoms with van der Waals surface area (Å²) in [6, 6.07) is -0.313. The van der Waals surface area contributed by atoms with E-state index in [0.717, 1.165) is 49.7 Å². The Morgan fingerprint density at radius 2 is 2.04 bits per heavy atom. The van der Waals surface area contributed by atoms with Crippen molar-refractivity contribution in [3.05, 3.63) is 29.7 Å². The fourth-order valence-corrected chi connectivity index (χ4v) is 2.87. The number of carbonyl (C=O) groups excluding carboxylic acids is 1. The van der Waals surface area contributed by atoms with Crippen LogP contribution in [-0.4, -0.2) is 61.8 Å². The molecule has 2 aromatic rings. The van der Waals surface area contributed by atoms with Gasteiger partial charge in [-0.25, -0.2) is 9.67 Å². The second-order valence-corrected chi connectivity index (χ2v) is 5.96. The summed E-state index contributed by atoms with van der Waals surface area (Å²) in [5, 5.41) is 8.04. The van der Waals surface area contributed by atoms with Crippen LogP contribution in [0.5, 0.6) is 0 Å². The Morgan fingerprint density at radius 1 is 1.30 bits per heavy atom. The van der Waals surface area contributed by atoms with Crippen LogP contribution in [0, 0.1) is 13.8 Å². The minimum atomic E-state index is -0.313. The first kappa shape index (κ1) is 15.7. The van der Waals surface area contributed by atoms with Crippen LogP contribution in [0.2, 0.25) is 0 Å². The van der Waals surface area contributed by atoms with Crippen LogP contribution in [0.4, 0.5) is 0 Å². The first-order valence-electron chi connectivity index (χ1n) is 7.83. The molecule has 0 aromatic carbocycles. The quantitative estimate of drug-likeness (QED) is 0.829. The molecule has 1 saturated heterocycles. The van der Waals surface area contributed by atoms with Crippen LogP contribution in [-0.2, 0) is 11.3 Å². The molecule has 3 heterocycles. The Bertz CT molecular complexity index is 638. The Hall–Kier alpha value is -2.22. The van der Waals surface area contributed by atoms with Crippen LogP contribution in [0.15, 0.2) is 17.2 Å². The summed E-state index contributed by atoms with van der Waals surface area (Å²) < 4.78 is 6.81. The molecule has 0 radical (unpaired) electrons. The Balaban J connectivity index is 1.55. The molecule has 1 atom stereocenters. The van der Waals surface area contributed by atoms with Gasteiger partial charge < -0.3 is 9.42 Å². The average molecular weight is 318 g/mol. The van der Waals surface area contributed by atoms with Crippen molar-refractivity contribution in [3.8, 4) is 0 Å². The maximum absolute atomic E-state index is 12.5. The summed E-state index contributed by atoms with van der Waals surface area (Å²) in [7, 11) is 0. The van der Waals surface area contributed by atoms with Crippen LogP contribution in [0.1, 0.15) is 30.0 Å². The molecule has 23 heavy (non-hydrogen) atoms. The minimum absolute atomic E-state index is 0.0903. The van der Waals surface area contributed by atoms with E-state index in [-0.39, 0.29) is 11.9 Å². The average Bonchev–Trinajstić information content (AvgIpc) is 3.20. The summed E-state index contributed by atoms with van der Waals surface area (Å²) in [5.41, 5.74) is 2.10. The van der Waals surface area contributed by atoms with Gasteiger partial charge in [-0.3, -0.25) is 9.69 Å². The van der Waals surface area contributed by atoms with Crippen LogP contribution < -0.4 is 0 Å². The van der Waals surface area contributed by atoms with Gasteiger partial charge in [0.2, 0.25) is 5.91 Å². The molecule has 1 aliphatic heterocycles. The topological polar surface area (TPSA) is 80.3 Å². The second kappa shape index (κ2) is 6.49. The minimum Gasteiger partial charge on any atom is -0.361 e. The lowest BCUT2D eigenvalue weighted by Crippen LogP contribution is -2.50. The number of rotatable bonds is 4. The van der Waals surface area contributed by atoms with Crippen molar-refractivity contribution in [2.45, 2.75) is 33.4 Å². The fourth-order valence-electron chi connectivity index (χ4n) is 2.87. The number of aromatic nitrogens is 4. The second-order valence-electron chi connectivity index (χ2n) is 5.96. The molecular weight excluding hydrogens is 296 g/mol. The predicted octanol–water partition coefficient (Wildman–Crippen LogP) is 0.788.